The topological polar surface area (TPSA) is 47.6 Å². The van der Waals surface area contributed by atoms with E-state index in [0.717, 1.165) is 0 Å². The number of carbonyl (C=O) groups excluding carboxylic acids is 1. The summed E-state index contributed by atoms with van der Waals surface area (Å²) in [6.45, 7) is 6.38. The summed E-state index contributed by atoms with van der Waals surface area (Å²) >= 11 is 0. The maximum absolute atomic E-state index is 11.3. The molecule has 0 aliphatic heterocycles. The van der Waals surface area contributed by atoms with E-state index in [1.54, 1.807) is 18.2 Å². The Morgan fingerprint density at radius 1 is 1.35 bits per heavy atom. The molecule has 4 heteroatoms. The molecule has 0 aromatic heterocycles. The van der Waals surface area contributed by atoms with Gasteiger partial charge in [-0.1, -0.05) is 18.2 Å². The van der Waals surface area contributed by atoms with Crippen LogP contribution >= 0.6 is 0 Å². The van der Waals surface area contributed by atoms with Crippen molar-refractivity contribution < 1.29 is 14.3 Å². The van der Waals surface area contributed by atoms with Crippen LogP contribution < -0.4 is 14.8 Å². The lowest BCUT2D eigenvalue weighted by Crippen LogP contribution is -2.28. The predicted molar refractivity (Wildman–Crippen MR) is 66.3 cm³/mol. The van der Waals surface area contributed by atoms with E-state index in [-0.39, 0.29) is 12.5 Å². The van der Waals surface area contributed by atoms with Crippen molar-refractivity contribution in [3.8, 4) is 11.5 Å². The number of amides is 1. The molecule has 0 aliphatic rings. The molecule has 0 bridgehead atoms. The third-order valence-corrected chi connectivity index (χ3v) is 1.95. The Balaban J connectivity index is 2.50. The third kappa shape index (κ3) is 4.59. The third-order valence-electron chi connectivity index (χ3n) is 1.95. The number of hydrogen-bond acceptors (Lipinski definition) is 3. The van der Waals surface area contributed by atoms with Crippen LogP contribution in [0, 0.1) is 0 Å². The highest BCUT2D eigenvalue weighted by Gasteiger charge is 2.06. The van der Waals surface area contributed by atoms with Gasteiger partial charge in [0.25, 0.3) is 5.91 Å². The molecule has 17 heavy (non-hydrogen) atoms. The lowest BCUT2D eigenvalue weighted by Gasteiger charge is -2.11. The first-order chi connectivity index (χ1) is 8.27. The van der Waals surface area contributed by atoms with Crippen LogP contribution in [0.2, 0.25) is 0 Å². The maximum atomic E-state index is 11.3. The molecule has 1 N–H and O–H groups in total. The van der Waals surface area contributed by atoms with Gasteiger partial charge in [-0.3, -0.25) is 4.79 Å². The smallest absolute Gasteiger partial charge is 0.258 e. The number of para-hydroxylation sites is 2. The van der Waals surface area contributed by atoms with Crippen LogP contribution in [0.1, 0.15) is 6.92 Å². The fourth-order valence-electron chi connectivity index (χ4n) is 1.22. The molecule has 0 aliphatic carbocycles. The first-order valence-electron chi connectivity index (χ1n) is 5.50. The zero-order valence-corrected chi connectivity index (χ0v) is 9.94. The van der Waals surface area contributed by atoms with Crippen molar-refractivity contribution in [3.63, 3.8) is 0 Å². The van der Waals surface area contributed by atoms with Crippen LogP contribution in [-0.2, 0) is 4.79 Å². The molecule has 0 fully saturated rings. The van der Waals surface area contributed by atoms with Crippen LogP contribution in [0.5, 0.6) is 11.5 Å². The SMILES string of the molecule is C=CCNC(=O)COc1ccccc1OCC. The largest absolute Gasteiger partial charge is 0.490 e. The van der Waals surface area contributed by atoms with Crippen molar-refractivity contribution in [3.05, 3.63) is 36.9 Å². The number of benzene rings is 1. The molecular formula is C13H17NO3. The Labute approximate surface area is 101 Å². The minimum absolute atomic E-state index is 0.0298. The summed E-state index contributed by atoms with van der Waals surface area (Å²) in [5, 5.41) is 2.63. The van der Waals surface area contributed by atoms with Gasteiger partial charge < -0.3 is 14.8 Å². The second-order valence-electron chi connectivity index (χ2n) is 3.26. The molecule has 0 radical (unpaired) electrons. The molecule has 0 spiro atoms. The minimum Gasteiger partial charge on any atom is -0.490 e. The van der Waals surface area contributed by atoms with Crippen LogP contribution in [-0.4, -0.2) is 25.7 Å². The Kier molecular flexibility index (Phi) is 5.64. The molecule has 0 atom stereocenters. The Bertz CT molecular complexity index is 377. The summed E-state index contributed by atoms with van der Waals surface area (Å²) in [4.78, 5) is 11.3. The lowest BCUT2D eigenvalue weighted by molar-refractivity contribution is -0.122. The molecular weight excluding hydrogens is 218 g/mol. The summed E-state index contributed by atoms with van der Waals surface area (Å²) in [5.74, 6) is 1.03. The van der Waals surface area contributed by atoms with E-state index in [1.807, 2.05) is 19.1 Å². The van der Waals surface area contributed by atoms with E-state index in [0.29, 0.717) is 24.7 Å². The summed E-state index contributed by atoms with van der Waals surface area (Å²) in [5.41, 5.74) is 0. The van der Waals surface area contributed by atoms with E-state index in [9.17, 15) is 4.79 Å². The standard InChI is InChI=1S/C13H17NO3/c1-3-9-14-13(15)10-17-12-8-6-5-7-11(12)16-4-2/h3,5-8H,1,4,9-10H2,2H3,(H,14,15). The van der Waals surface area contributed by atoms with Crippen LogP contribution in [0.25, 0.3) is 0 Å². The van der Waals surface area contributed by atoms with Crippen molar-refractivity contribution in [1.29, 1.82) is 0 Å². The summed E-state index contributed by atoms with van der Waals surface area (Å²) in [7, 11) is 0. The number of hydrogen-bond donors (Lipinski definition) is 1. The number of nitrogens with one attached hydrogen (secondary N) is 1. The van der Waals surface area contributed by atoms with Crippen molar-refractivity contribution in [2.45, 2.75) is 6.92 Å². The zero-order valence-electron chi connectivity index (χ0n) is 9.94. The number of ether oxygens (including phenoxy) is 2. The predicted octanol–water partition coefficient (Wildman–Crippen LogP) is 1.77. The van der Waals surface area contributed by atoms with E-state index in [2.05, 4.69) is 11.9 Å². The van der Waals surface area contributed by atoms with Gasteiger partial charge in [0.05, 0.1) is 6.61 Å². The zero-order chi connectivity index (χ0) is 12.5. The Hall–Kier alpha value is -1.97. The number of carbonyl (C=O) groups is 1. The summed E-state index contributed by atoms with van der Waals surface area (Å²) in [6, 6.07) is 7.27. The quantitative estimate of drug-likeness (QED) is 0.733. The van der Waals surface area contributed by atoms with Crippen LogP contribution in [0.3, 0.4) is 0 Å². The Morgan fingerprint density at radius 2 is 2.00 bits per heavy atom. The lowest BCUT2D eigenvalue weighted by atomic mass is 10.3. The molecule has 1 aromatic rings. The van der Waals surface area contributed by atoms with Crippen molar-refractivity contribution in [1.82, 2.24) is 5.32 Å². The number of rotatable bonds is 7. The average molecular weight is 235 g/mol. The highest BCUT2D eigenvalue weighted by atomic mass is 16.5. The van der Waals surface area contributed by atoms with Crippen LogP contribution in [0.15, 0.2) is 36.9 Å². The fraction of sp³-hybridized carbons (Fsp3) is 0.308. The van der Waals surface area contributed by atoms with Gasteiger partial charge in [-0.25, -0.2) is 0 Å². The van der Waals surface area contributed by atoms with Crippen molar-refractivity contribution >= 4 is 5.91 Å². The van der Waals surface area contributed by atoms with Gasteiger partial charge >= 0.3 is 0 Å². The second kappa shape index (κ2) is 7.33. The second-order valence-corrected chi connectivity index (χ2v) is 3.26. The molecule has 0 saturated heterocycles. The first-order valence-corrected chi connectivity index (χ1v) is 5.50. The molecule has 92 valence electrons. The molecule has 1 rings (SSSR count). The van der Waals surface area contributed by atoms with Gasteiger partial charge in [0.15, 0.2) is 18.1 Å². The van der Waals surface area contributed by atoms with Gasteiger partial charge in [-0.05, 0) is 19.1 Å². The molecule has 4 nitrogen and oxygen atoms in total. The molecule has 0 saturated carbocycles. The van der Waals surface area contributed by atoms with E-state index >= 15 is 0 Å². The van der Waals surface area contributed by atoms with E-state index in [4.69, 9.17) is 9.47 Å². The van der Waals surface area contributed by atoms with Gasteiger partial charge in [-0.2, -0.15) is 0 Å². The van der Waals surface area contributed by atoms with Gasteiger partial charge in [0.2, 0.25) is 0 Å². The monoisotopic (exact) mass is 235 g/mol. The highest BCUT2D eigenvalue weighted by Crippen LogP contribution is 2.25. The van der Waals surface area contributed by atoms with E-state index < -0.39 is 0 Å². The molecule has 0 heterocycles. The minimum atomic E-state index is -0.184. The first kappa shape index (κ1) is 13.1. The summed E-state index contributed by atoms with van der Waals surface area (Å²) in [6.07, 6.45) is 1.62. The molecule has 1 aromatic carbocycles. The van der Waals surface area contributed by atoms with Crippen molar-refractivity contribution in [2.75, 3.05) is 19.8 Å². The summed E-state index contributed by atoms with van der Waals surface area (Å²) < 4.78 is 10.8. The maximum Gasteiger partial charge on any atom is 0.258 e. The molecule has 1 amide bonds. The van der Waals surface area contributed by atoms with Crippen molar-refractivity contribution in [2.24, 2.45) is 0 Å². The van der Waals surface area contributed by atoms with Crippen LogP contribution in [0.4, 0.5) is 0 Å². The van der Waals surface area contributed by atoms with Gasteiger partial charge in [0, 0.05) is 6.54 Å². The highest BCUT2D eigenvalue weighted by molar-refractivity contribution is 5.77. The Morgan fingerprint density at radius 3 is 2.59 bits per heavy atom. The average Bonchev–Trinajstić information content (AvgIpc) is 2.35. The molecule has 0 unspecified atom stereocenters. The van der Waals surface area contributed by atoms with Gasteiger partial charge in [-0.15, -0.1) is 6.58 Å². The van der Waals surface area contributed by atoms with Gasteiger partial charge in [0.1, 0.15) is 0 Å². The van der Waals surface area contributed by atoms with E-state index in [1.165, 1.54) is 0 Å². The fourth-order valence-corrected chi connectivity index (χ4v) is 1.22. The normalized spacial score (nSPS) is 9.47.